The predicted molar refractivity (Wildman–Crippen MR) is 111 cm³/mol. The molecule has 0 saturated carbocycles. The van der Waals surface area contributed by atoms with Gasteiger partial charge in [0.1, 0.15) is 0 Å². The van der Waals surface area contributed by atoms with Crippen LogP contribution in [-0.2, 0) is 5.75 Å². The van der Waals surface area contributed by atoms with Gasteiger partial charge in [0.05, 0.1) is 5.69 Å². The third-order valence-electron chi connectivity index (χ3n) is 3.91. The molecular weight excluding hydrogens is 352 g/mol. The van der Waals surface area contributed by atoms with Crippen LogP contribution in [0.25, 0.3) is 5.69 Å². The number of hydrogen-bond donors (Lipinski definition) is 0. The lowest BCUT2D eigenvalue weighted by atomic mass is 10.2. The van der Waals surface area contributed by atoms with Gasteiger partial charge in [-0.05, 0) is 23.3 Å². The number of hydrogen-bond acceptors (Lipinski definition) is 4. The average molecular weight is 370 g/mol. The van der Waals surface area contributed by atoms with Crippen LogP contribution >= 0.6 is 11.8 Å². The summed E-state index contributed by atoms with van der Waals surface area (Å²) in [4.78, 5) is 9.21. The van der Waals surface area contributed by atoms with E-state index in [0.717, 1.165) is 17.0 Å². The standard InChI is InChI=1S/C22H18N4S/c1-4-10-18(11-5-1)16-23-21-24-22(27-17-19-12-6-2-7-13-19)25-26(21)20-14-8-3-9-15-20/h1-16H,17H2/b23-16-. The Hall–Kier alpha value is -3.18. The Balaban J connectivity index is 1.62. The van der Waals surface area contributed by atoms with E-state index in [1.807, 2.05) is 85.1 Å². The van der Waals surface area contributed by atoms with Gasteiger partial charge in [-0.25, -0.2) is 4.99 Å². The van der Waals surface area contributed by atoms with Gasteiger partial charge in [0.2, 0.25) is 5.16 Å². The van der Waals surface area contributed by atoms with Gasteiger partial charge in [0, 0.05) is 12.0 Å². The second-order valence-corrected chi connectivity index (χ2v) is 6.83. The molecule has 0 amide bonds. The summed E-state index contributed by atoms with van der Waals surface area (Å²) in [5.41, 5.74) is 3.21. The first-order valence-corrected chi connectivity index (χ1v) is 9.65. The van der Waals surface area contributed by atoms with Crippen LogP contribution in [0.4, 0.5) is 5.95 Å². The van der Waals surface area contributed by atoms with Crippen molar-refractivity contribution in [1.29, 1.82) is 0 Å². The lowest BCUT2D eigenvalue weighted by molar-refractivity contribution is 0.835. The lowest BCUT2D eigenvalue weighted by Gasteiger charge is -2.01. The van der Waals surface area contributed by atoms with Gasteiger partial charge in [-0.15, -0.1) is 5.10 Å². The van der Waals surface area contributed by atoms with Crippen molar-refractivity contribution in [1.82, 2.24) is 14.8 Å². The average Bonchev–Trinajstić information content (AvgIpc) is 3.16. The number of rotatable bonds is 6. The molecule has 0 saturated heterocycles. The summed E-state index contributed by atoms with van der Waals surface area (Å²) in [6.45, 7) is 0. The van der Waals surface area contributed by atoms with Gasteiger partial charge in [0.15, 0.2) is 0 Å². The maximum Gasteiger partial charge on any atom is 0.253 e. The Kier molecular flexibility index (Phi) is 5.41. The smallest absolute Gasteiger partial charge is 0.219 e. The summed E-state index contributed by atoms with van der Waals surface area (Å²) in [6, 6.07) is 30.3. The molecule has 0 radical (unpaired) electrons. The van der Waals surface area contributed by atoms with Crippen LogP contribution < -0.4 is 0 Å². The molecule has 0 N–H and O–H groups in total. The molecule has 0 aliphatic heterocycles. The minimum Gasteiger partial charge on any atom is -0.219 e. The molecule has 3 aromatic carbocycles. The van der Waals surface area contributed by atoms with Gasteiger partial charge in [-0.1, -0.05) is 90.6 Å². The highest BCUT2D eigenvalue weighted by atomic mass is 32.2. The summed E-state index contributed by atoms with van der Waals surface area (Å²) in [5, 5.41) is 5.37. The number of benzene rings is 3. The van der Waals surface area contributed by atoms with E-state index in [1.54, 1.807) is 16.4 Å². The number of aliphatic imine (C=N–C) groups is 1. The first-order valence-electron chi connectivity index (χ1n) is 8.67. The van der Waals surface area contributed by atoms with E-state index in [1.165, 1.54) is 5.56 Å². The number of thioether (sulfide) groups is 1. The molecule has 4 nitrogen and oxygen atoms in total. The van der Waals surface area contributed by atoms with Gasteiger partial charge in [-0.2, -0.15) is 9.67 Å². The predicted octanol–water partition coefficient (Wildman–Crippen LogP) is 5.31. The molecule has 27 heavy (non-hydrogen) atoms. The molecule has 0 unspecified atom stereocenters. The highest BCUT2D eigenvalue weighted by Crippen LogP contribution is 2.24. The van der Waals surface area contributed by atoms with Crippen LogP contribution in [0, 0.1) is 0 Å². The van der Waals surface area contributed by atoms with Crippen molar-refractivity contribution in [2.24, 2.45) is 4.99 Å². The zero-order chi connectivity index (χ0) is 18.3. The minimum atomic E-state index is 0.570. The van der Waals surface area contributed by atoms with Crippen molar-refractivity contribution < 1.29 is 0 Å². The molecular formula is C22H18N4S. The van der Waals surface area contributed by atoms with Gasteiger partial charge >= 0.3 is 0 Å². The van der Waals surface area contributed by atoms with Crippen molar-refractivity contribution in [3.8, 4) is 5.69 Å². The largest absolute Gasteiger partial charge is 0.253 e. The molecule has 1 heterocycles. The van der Waals surface area contributed by atoms with E-state index in [4.69, 9.17) is 0 Å². The lowest BCUT2D eigenvalue weighted by Crippen LogP contribution is -1.96. The maximum absolute atomic E-state index is 4.66. The van der Waals surface area contributed by atoms with Crippen LogP contribution in [0.15, 0.2) is 101 Å². The molecule has 0 aliphatic carbocycles. The molecule has 132 valence electrons. The molecule has 4 rings (SSSR count). The van der Waals surface area contributed by atoms with Crippen molar-refractivity contribution >= 4 is 23.9 Å². The van der Waals surface area contributed by atoms with Crippen LogP contribution in [0.3, 0.4) is 0 Å². The first kappa shape index (κ1) is 17.2. The summed E-state index contributed by atoms with van der Waals surface area (Å²) >= 11 is 1.61. The van der Waals surface area contributed by atoms with E-state index >= 15 is 0 Å². The summed E-state index contributed by atoms with van der Waals surface area (Å²) in [5.74, 6) is 1.39. The Bertz CT molecular complexity index is 1010. The van der Waals surface area contributed by atoms with Crippen molar-refractivity contribution in [3.63, 3.8) is 0 Å². The molecule has 5 heteroatoms. The third-order valence-corrected chi connectivity index (χ3v) is 4.82. The van der Waals surface area contributed by atoms with Crippen LogP contribution in [-0.4, -0.2) is 21.0 Å². The molecule has 0 bridgehead atoms. The van der Waals surface area contributed by atoms with Crippen molar-refractivity contribution in [2.75, 3.05) is 0 Å². The Morgan fingerprint density at radius 1 is 0.815 bits per heavy atom. The second kappa shape index (κ2) is 8.47. The fourth-order valence-electron chi connectivity index (χ4n) is 2.57. The van der Waals surface area contributed by atoms with Gasteiger partial charge in [-0.3, -0.25) is 0 Å². The van der Waals surface area contributed by atoms with Crippen LogP contribution in [0.1, 0.15) is 11.1 Å². The van der Waals surface area contributed by atoms with E-state index in [-0.39, 0.29) is 0 Å². The van der Waals surface area contributed by atoms with Crippen molar-refractivity contribution in [3.05, 3.63) is 102 Å². The SMILES string of the molecule is C(=N/c1nc(SCc2ccccc2)nn1-c1ccccc1)/c1ccccc1. The van der Waals surface area contributed by atoms with Crippen molar-refractivity contribution in [2.45, 2.75) is 10.9 Å². The van der Waals surface area contributed by atoms with E-state index in [2.05, 4.69) is 27.2 Å². The van der Waals surface area contributed by atoms with E-state index < -0.39 is 0 Å². The van der Waals surface area contributed by atoms with E-state index in [0.29, 0.717) is 11.1 Å². The molecule has 0 fully saturated rings. The monoisotopic (exact) mass is 370 g/mol. The number of nitrogens with zero attached hydrogens (tertiary/aromatic N) is 4. The number of para-hydroxylation sites is 1. The first-order chi connectivity index (χ1) is 13.4. The molecule has 0 aliphatic rings. The zero-order valence-electron chi connectivity index (χ0n) is 14.6. The second-order valence-electron chi connectivity index (χ2n) is 5.88. The summed E-state index contributed by atoms with van der Waals surface area (Å²) in [6.07, 6.45) is 1.81. The summed E-state index contributed by atoms with van der Waals surface area (Å²) in [7, 11) is 0. The fraction of sp³-hybridized carbons (Fsp3) is 0.0455. The molecule has 0 atom stereocenters. The summed E-state index contributed by atoms with van der Waals surface area (Å²) < 4.78 is 1.78. The maximum atomic E-state index is 4.66. The zero-order valence-corrected chi connectivity index (χ0v) is 15.5. The van der Waals surface area contributed by atoms with E-state index in [9.17, 15) is 0 Å². The normalized spacial score (nSPS) is 11.1. The highest BCUT2D eigenvalue weighted by Gasteiger charge is 2.11. The fourth-order valence-corrected chi connectivity index (χ4v) is 3.34. The third kappa shape index (κ3) is 4.51. The Morgan fingerprint density at radius 3 is 2.15 bits per heavy atom. The minimum absolute atomic E-state index is 0.570. The topological polar surface area (TPSA) is 43.1 Å². The Morgan fingerprint density at radius 2 is 1.44 bits per heavy atom. The number of aromatic nitrogens is 3. The van der Waals surface area contributed by atoms with Crippen LogP contribution in [0.2, 0.25) is 0 Å². The van der Waals surface area contributed by atoms with Gasteiger partial charge in [0.25, 0.3) is 5.95 Å². The van der Waals surface area contributed by atoms with Gasteiger partial charge < -0.3 is 0 Å². The highest BCUT2D eigenvalue weighted by molar-refractivity contribution is 7.98. The molecule has 0 spiro atoms. The quantitative estimate of drug-likeness (QED) is 0.341. The van der Waals surface area contributed by atoms with Crippen LogP contribution in [0.5, 0.6) is 0 Å². The molecule has 1 aromatic heterocycles. The Labute approximate surface area is 162 Å². The molecule has 4 aromatic rings.